The highest BCUT2D eigenvalue weighted by Gasteiger charge is 2.43. The summed E-state index contributed by atoms with van der Waals surface area (Å²) in [6.07, 6.45) is 1.59. The first-order chi connectivity index (χ1) is 9.33. The molecule has 1 aliphatic rings. The minimum Gasteiger partial charge on any atom is -0.480 e. The van der Waals surface area contributed by atoms with Gasteiger partial charge in [0.15, 0.2) is 0 Å². The lowest BCUT2D eigenvalue weighted by Gasteiger charge is -2.25. The Balaban J connectivity index is 2.82. The molecular formula is C14H23NO4S. The SMILES string of the molecule is CCC(CC)N1C(=O)CC(SC(C(=O)O)C(C)C)C1=O. The van der Waals surface area contributed by atoms with E-state index in [1.165, 1.54) is 4.90 Å². The maximum Gasteiger partial charge on any atom is 0.316 e. The Morgan fingerprint density at radius 2 is 1.90 bits per heavy atom. The molecule has 6 heteroatoms. The van der Waals surface area contributed by atoms with Crippen molar-refractivity contribution in [3.8, 4) is 0 Å². The molecule has 1 fully saturated rings. The van der Waals surface area contributed by atoms with Crippen LogP contribution in [-0.4, -0.2) is 44.3 Å². The third-order valence-electron chi connectivity index (χ3n) is 3.61. The van der Waals surface area contributed by atoms with Crippen LogP contribution < -0.4 is 0 Å². The summed E-state index contributed by atoms with van der Waals surface area (Å²) in [5, 5.41) is 7.99. The highest BCUT2D eigenvalue weighted by atomic mass is 32.2. The van der Waals surface area contributed by atoms with Crippen molar-refractivity contribution in [3.63, 3.8) is 0 Å². The third-order valence-corrected chi connectivity index (χ3v) is 5.35. The Labute approximate surface area is 124 Å². The summed E-state index contributed by atoms with van der Waals surface area (Å²) in [6.45, 7) is 7.52. The summed E-state index contributed by atoms with van der Waals surface area (Å²) in [5.41, 5.74) is 0. The zero-order valence-electron chi connectivity index (χ0n) is 12.5. The van der Waals surface area contributed by atoms with Crippen LogP contribution in [0.2, 0.25) is 0 Å². The number of rotatable bonds is 7. The quantitative estimate of drug-likeness (QED) is 0.729. The first kappa shape index (κ1) is 17.0. The number of amides is 2. The summed E-state index contributed by atoms with van der Waals surface area (Å²) >= 11 is 1.11. The Morgan fingerprint density at radius 3 is 2.30 bits per heavy atom. The van der Waals surface area contributed by atoms with Gasteiger partial charge in [0.1, 0.15) is 5.25 Å². The molecule has 0 aliphatic carbocycles. The fraction of sp³-hybridized carbons (Fsp3) is 0.786. The molecule has 0 radical (unpaired) electrons. The number of likely N-dealkylation sites (tertiary alicyclic amines) is 1. The third kappa shape index (κ3) is 3.53. The molecule has 2 amide bonds. The summed E-state index contributed by atoms with van der Waals surface area (Å²) in [4.78, 5) is 36.9. The average Bonchev–Trinajstić information content (AvgIpc) is 2.64. The highest BCUT2D eigenvalue weighted by Crippen LogP contribution is 2.33. The van der Waals surface area contributed by atoms with E-state index in [0.29, 0.717) is 0 Å². The molecule has 0 saturated carbocycles. The van der Waals surface area contributed by atoms with Gasteiger partial charge in [-0.3, -0.25) is 19.3 Å². The monoisotopic (exact) mass is 301 g/mol. The minimum absolute atomic E-state index is 0.0667. The lowest BCUT2D eigenvalue weighted by molar-refractivity contribution is -0.141. The molecule has 1 aliphatic heterocycles. The van der Waals surface area contributed by atoms with Crippen LogP contribution in [0.15, 0.2) is 0 Å². The standard InChI is InChI=1S/C14H23NO4S/c1-5-9(6-2)15-11(16)7-10(13(15)17)20-12(8(3)4)14(18)19/h8-10,12H,5-7H2,1-4H3,(H,18,19). The fourth-order valence-electron chi connectivity index (χ4n) is 2.44. The second-order valence-corrected chi connectivity index (χ2v) is 6.75. The molecule has 114 valence electrons. The minimum atomic E-state index is -0.925. The van der Waals surface area contributed by atoms with Gasteiger partial charge >= 0.3 is 5.97 Å². The van der Waals surface area contributed by atoms with Crippen LogP contribution in [0.3, 0.4) is 0 Å². The number of imide groups is 1. The predicted molar refractivity (Wildman–Crippen MR) is 78.5 cm³/mol. The molecular weight excluding hydrogens is 278 g/mol. The molecule has 0 aromatic carbocycles. The number of nitrogens with zero attached hydrogens (tertiary/aromatic N) is 1. The van der Waals surface area contributed by atoms with Crippen molar-refractivity contribution in [1.29, 1.82) is 0 Å². The van der Waals surface area contributed by atoms with Gasteiger partial charge < -0.3 is 5.11 Å². The van der Waals surface area contributed by atoms with E-state index >= 15 is 0 Å². The van der Waals surface area contributed by atoms with Gasteiger partial charge in [-0.05, 0) is 18.8 Å². The summed E-state index contributed by atoms with van der Waals surface area (Å²) in [5.74, 6) is -1.40. The van der Waals surface area contributed by atoms with Crippen molar-refractivity contribution in [2.45, 2.75) is 63.5 Å². The van der Waals surface area contributed by atoms with Gasteiger partial charge in [0.05, 0.1) is 5.25 Å². The van der Waals surface area contributed by atoms with Crippen LogP contribution in [0.5, 0.6) is 0 Å². The molecule has 20 heavy (non-hydrogen) atoms. The first-order valence-corrected chi connectivity index (χ1v) is 8.01. The predicted octanol–water partition coefficient (Wildman–Crippen LogP) is 2.14. The van der Waals surface area contributed by atoms with E-state index < -0.39 is 16.5 Å². The van der Waals surface area contributed by atoms with E-state index in [1.54, 1.807) is 0 Å². The molecule has 0 aromatic rings. The van der Waals surface area contributed by atoms with Crippen molar-refractivity contribution in [1.82, 2.24) is 4.90 Å². The van der Waals surface area contributed by atoms with Gasteiger partial charge in [-0.2, -0.15) is 0 Å². The van der Waals surface area contributed by atoms with Crippen LogP contribution in [0.4, 0.5) is 0 Å². The van der Waals surface area contributed by atoms with Crippen molar-refractivity contribution < 1.29 is 19.5 Å². The van der Waals surface area contributed by atoms with E-state index in [9.17, 15) is 19.5 Å². The summed E-state index contributed by atoms with van der Waals surface area (Å²) in [7, 11) is 0. The average molecular weight is 301 g/mol. The number of carboxylic acids is 1. The molecule has 1 rings (SSSR count). The van der Waals surface area contributed by atoms with Crippen molar-refractivity contribution in [3.05, 3.63) is 0 Å². The zero-order chi connectivity index (χ0) is 15.4. The molecule has 0 spiro atoms. The lowest BCUT2D eigenvalue weighted by atomic mass is 10.1. The number of hydrogen-bond donors (Lipinski definition) is 1. The van der Waals surface area contributed by atoms with Crippen molar-refractivity contribution in [2.24, 2.45) is 5.92 Å². The second kappa shape index (κ2) is 7.11. The normalized spacial score (nSPS) is 21.1. The largest absolute Gasteiger partial charge is 0.480 e. The smallest absolute Gasteiger partial charge is 0.316 e. The molecule has 5 nitrogen and oxygen atoms in total. The van der Waals surface area contributed by atoms with Crippen LogP contribution in [0.25, 0.3) is 0 Å². The first-order valence-electron chi connectivity index (χ1n) is 7.07. The number of aliphatic carboxylic acids is 1. The molecule has 1 heterocycles. The molecule has 2 unspecified atom stereocenters. The summed E-state index contributed by atoms with van der Waals surface area (Å²) in [6, 6.07) is -0.0667. The maximum atomic E-state index is 12.3. The van der Waals surface area contributed by atoms with Gasteiger partial charge in [0, 0.05) is 12.5 Å². The number of carboxylic acid groups (broad SMARTS) is 1. The number of carbonyl (C=O) groups excluding carboxylic acids is 2. The number of hydrogen-bond acceptors (Lipinski definition) is 4. The topological polar surface area (TPSA) is 74.7 Å². The van der Waals surface area contributed by atoms with E-state index in [-0.39, 0.29) is 30.2 Å². The van der Waals surface area contributed by atoms with E-state index in [1.807, 2.05) is 27.7 Å². The lowest BCUT2D eigenvalue weighted by Crippen LogP contribution is -2.40. The van der Waals surface area contributed by atoms with E-state index in [4.69, 9.17) is 0 Å². The zero-order valence-corrected chi connectivity index (χ0v) is 13.3. The fourth-order valence-corrected chi connectivity index (χ4v) is 3.70. The highest BCUT2D eigenvalue weighted by molar-refractivity contribution is 8.01. The van der Waals surface area contributed by atoms with Crippen LogP contribution in [0, 0.1) is 5.92 Å². The van der Waals surface area contributed by atoms with Crippen LogP contribution in [-0.2, 0) is 14.4 Å². The Kier molecular flexibility index (Phi) is 6.05. The van der Waals surface area contributed by atoms with Crippen molar-refractivity contribution in [2.75, 3.05) is 0 Å². The Morgan fingerprint density at radius 1 is 1.35 bits per heavy atom. The Hall–Kier alpha value is -1.04. The Bertz CT molecular complexity index is 393. The van der Waals surface area contributed by atoms with Crippen LogP contribution in [0.1, 0.15) is 47.0 Å². The maximum absolute atomic E-state index is 12.3. The molecule has 1 saturated heterocycles. The number of thioether (sulfide) groups is 1. The molecule has 0 bridgehead atoms. The number of carbonyl (C=O) groups is 3. The van der Waals surface area contributed by atoms with Crippen molar-refractivity contribution >= 4 is 29.5 Å². The van der Waals surface area contributed by atoms with Gasteiger partial charge in [-0.1, -0.05) is 27.7 Å². The second-order valence-electron chi connectivity index (χ2n) is 5.40. The van der Waals surface area contributed by atoms with Crippen LogP contribution >= 0.6 is 11.8 Å². The molecule has 2 atom stereocenters. The summed E-state index contributed by atoms with van der Waals surface area (Å²) < 4.78 is 0. The van der Waals surface area contributed by atoms with Gasteiger partial charge in [0.2, 0.25) is 11.8 Å². The molecule has 0 aromatic heterocycles. The van der Waals surface area contributed by atoms with E-state index in [0.717, 1.165) is 24.6 Å². The van der Waals surface area contributed by atoms with E-state index in [2.05, 4.69) is 0 Å². The van der Waals surface area contributed by atoms with Gasteiger partial charge in [0.25, 0.3) is 0 Å². The van der Waals surface area contributed by atoms with Gasteiger partial charge in [-0.25, -0.2) is 0 Å². The molecule has 1 N–H and O–H groups in total. The van der Waals surface area contributed by atoms with Gasteiger partial charge in [-0.15, -0.1) is 11.8 Å².